The molecule has 1 saturated carbocycles. The molecular formula is C7H12O. The maximum atomic E-state index is 5.26. The topological polar surface area (TPSA) is 9.23 Å². The smallest absolute Gasteiger partial charge is 0.0497 e. The van der Waals surface area contributed by atoms with Crippen LogP contribution in [-0.4, -0.2) is 13.2 Å². The molecule has 0 radical (unpaired) electrons. The molecule has 1 heterocycles. The lowest BCUT2D eigenvalue weighted by Gasteiger charge is -2.00. The van der Waals surface area contributed by atoms with E-state index in [1.54, 1.807) is 0 Å². The van der Waals surface area contributed by atoms with E-state index in [2.05, 4.69) is 0 Å². The van der Waals surface area contributed by atoms with Gasteiger partial charge in [-0.15, -0.1) is 0 Å². The molecule has 1 nitrogen and oxygen atoms in total. The second-order valence-electron chi connectivity index (χ2n) is 2.96. The van der Waals surface area contributed by atoms with E-state index in [4.69, 9.17) is 4.74 Å². The van der Waals surface area contributed by atoms with Crippen LogP contribution in [0.4, 0.5) is 0 Å². The Morgan fingerprint density at radius 2 is 1.88 bits per heavy atom. The summed E-state index contributed by atoms with van der Waals surface area (Å²) in [6.45, 7) is 2.09. The molecule has 0 amide bonds. The van der Waals surface area contributed by atoms with Crippen LogP contribution in [0.1, 0.15) is 19.3 Å². The largest absolute Gasteiger partial charge is 0.381 e. The fraction of sp³-hybridized carbons (Fsp3) is 1.00. The van der Waals surface area contributed by atoms with Gasteiger partial charge in [-0.25, -0.2) is 0 Å². The van der Waals surface area contributed by atoms with Gasteiger partial charge in [0.2, 0.25) is 0 Å². The van der Waals surface area contributed by atoms with Crippen LogP contribution < -0.4 is 0 Å². The first-order valence-corrected chi connectivity index (χ1v) is 3.54. The normalized spacial score (nSPS) is 38.2. The van der Waals surface area contributed by atoms with Crippen molar-refractivity contribution < 1.29 is 4.74 Å². The third-order valence-corrected chi connectivity index (χ3v) is 2.25. The summed E-state index contributed by atoms with van der Waals surface area (Å²) in [5, 5.41) is 0. The molecule has 46 valence electrons. The Morgan fingerprint density at radius 1 is 1.00 bits per heavy atom. The van der Waals surface area contributed by atoms with Crippen molar-refractivity contribution in [1.29, 1.82) is 0 Å². The van der Waals surface area contributed by atoms with Gasteiger partial charge in [0.25, 0.3) is 0 Å². The molecule has 2 aliphatic rings. The second-order valence-corrected chi connectivity index (χ2v) is 2.96. The molecule has 1 heteroatoms. The molecule has 1 aliphatic carbocycles. The molecule has 0 unspecified atom stereocenters. The van der Waals surface area contributed by atoms with E-state index < -0.39 is 0 Å². The van der Waals surface area contributed by atoms with Gasteiger partial charge in [-0.3, -0.25) is 0 Å². The van der Waals surface area contributed by atoms with Crippen molar-refractivity contribution in [2.24, 2.45) is 11.8 Å². The van der Waals surface area contributed by atoms with Gasteiger partial charge < -0.3 is 4.74 Å². The molecule has 2 fully saturated rings. The molecule has 0 bridgehead atoms. The lowest BCUT2D eigenvalue weighted by atomic mass is 10.0. The van der Waals surface area contributed by atoms with Crippen LogP contribution in [0.3, 0.4) is 0 Å². The van der Waals surface area contributed by atoms with Crippen LogP contribution in [-0.2, 0) is 4.74 Å². The highest BCUT2D eigenvalue weighted by Crippen LogP contribution is 2.40. The summed E-state index contributed by atoms with van der Waals surface area (Å²) < 4.78 is 5.26. The zero-order valence-corrected chi connectivity index (χ0v) is 5.10. The molecule has 1 saturated heterocycles. The van der Waals surface area contributed by atoms with Crippen molar-refractivity contribution in [3.05, 3.63) is 0 Å². The first-order chi connectivity index (χ1) is 3.97. The first-order valence-electron chi connectivity index (χ1n) is 3.54. The molecule has 0 aromatic heterocycles. The van der Waals surface area contributed by atoms with E-state index in [-0.39, 0.29) is 0 Å². The SMILES string of the molecule is C1C[C@H](C2CC2)CO1. The standard InChI is InChI=1S/C7H12O/c1-2-6(1)7-3-4-8-5-7/h6-7H,1-5H2/t7-/m0/s1. The van der Waals surface area contributed by atoms with E-state index in [1.807, 2.05) is 0 Å². The van der Waals surface area contributed by atoms with E-state index in [1.165, 1.54) is 19.3 Å². The van der Waals surface area contributed by atoms with Crippen molar-refractivity contribution in [2.45, 2.75) is 19.3 Å². The van der Waals surface area contributed by atoms with Gasteiger partial charge in [0.15, 0.2) is 0 Å². The molecule has 2 rings (SSSR count). The number of ether oxygens (including phenoxy) is 1. The van der Waals surface area contributed by atoms with Crippen molar-refractivity contribution in [2.75, 3.05) is 13.2 Å². The average molecular weight is 112 g/mol. The molecule has 0 N–H and O–H groups in total. The lowest BCUT2D eigenvalue weighted by Crippen LogP contribution is -1.99. The first kappa shape index (κ1) is 4.80. The Bertz CT molecular complexity index is 80.4. The molecular weight excluding hydrogens is 100 g/mol. The summed E-state index contributed by atoms with van der Waals surface area (Å²) in [6.07, 6.45) is 4.30. The minimum absolute atomic E-state index is 0.954. The molecule has 8 heavy (non-hydrogen) atoms. The van der Waals surface area contributed by atoms with Crippen molar-refractivity contribution in [1.82, 2.24) is 0 Å². The summed E-state index contributed by atoms with van der Waals surface area (Å²) in [6, 6.07) is 0. The quantitative estimate of drug-likeness (QED) is 0.498. The van der Waals surface area contributed by atoms with Crippen molar-refractivity contribution in [3.8, 4) is 0 Å². The van der Waals surface area contributed by atoms with E-state index >= 15 is 0 Å². The van der Waals surface area contributed by atoms with Gasteiger partial charge in [-0.1, -0.05) is 0 Å². The highest BCUT2D eigenvalue weighted by atomic mass is 16.5. The van der Waals surface area contributed by atoms with E-state index in [0.717, 1.165) is 25.0 Å². The maximum Gasteiger partial charge on any atom is 0.0497 e. The Labute approximate surface area is 50.0 Å². The van der Waals surface area contributed by atoms with Crippen molar-refractivity contribution in [3.63, 3.8) is 0 Å². The summed E-state index contributed by atoms with van der Waals surface area (Å²) in [5.41, 5.74) is 0. The Hall–Kier alpha value is -0.0400. The Morgan fingerprint density at radius 3 is 2.38 bits per heavy atom. The monoisotopic (exact) mass is 112 g/mol. The molecule has 1 atom stereocenters. The van der Waals surface area contributed by atoms with Crippen LogP contribution in [0.15, 0.2) is 0 Å². The number of rotatable bonds is 1. The van der Waals surface area contributed by atoms with Crippen molar-refractivity contribution >= 4 is 0 Å². The highest BCUT2D eigenvalue weighted by Gasteiger charge is 2.33. The van der Waals surface area contributed by atoms with E-state index in [0.29, 0.717) is 0 Å². The van der Waals surface area contributed by atoms with Gasteiger partial charge >= 0.3 is 0 Å². The van der Waals surface area contributed by atoms with Crippen LogP contribution in [0.5, 0.6) is 0 Å². The predicted octanol–water partition coefficient (Wildman–Crippen LogP) is 1.43. The summed E-state index contributed by atoms with van der Waals surface area (Å²) >= 11 is 0. The third kappa shape index (κ3) is 0.752. The predicted molar refractivity (Wildman–Crippen MR) is 31.6 cm³/mol. The van der Waals surface area contributed by atoms with Crippen LogP contribution in [0, 0.1) is 11.8 Å². The fourth-order valence-corrected chi connectivity index (χ4v) is 1.49. The highest BCUT2D eigenvalue weighted by molar-refractivity contribution is 4.82. The minimum Gasteiger partial charge on any atom is -0.381 e. The molecule has 0 spiro atoms. The maximum absolute atomic E-state index is 5.26. The lowest BCUT2D eigenvalue weighted by molar-refractivity contribution is 0.182. The summed E-state index contributed by atoms with van der Waals surface area (Å²) in [7, 11) is 0. The fourth-order valence-electron chi connectivity index (χ4n) is 1.49. The van der Waals surface area contributed by atoms with E-state index in [9.17, 15) is 0 Å². The summed E-state index contributed by atoms with van der Waals surface area (Å²) in [5.74, 6) is 2.02. The number of hydrogen-bond acceptors (Lipinski definition) is 1. The van der Waals surface area contributed by atoms with Gasteiger partial charge in [-0.2, -0.15) is 0 Å². The minimum atomic E-state index is 0.954. The van der Waals surface area contributed by atoms with Crippen LogP contribution >= 0.6 is 0 Å². The van der Waals surface area contributed by atoms with Gasteiger partial charge in [0, 0.05) is 13.2 Å². The summed E-state index contributed by atoms with van der Waals surface area (Å²) in [4.78, 5) is 0. The van der Waals surface area contributed by atoms with Gasteiger partial charge in [-0.05, 0) is 31.1 Å². The molecule has 0 aromatic carbocycles. The zero-order chi connectivity index (χ0) is 5.40. The average Bonchev–Trinajstić information content (AvgIpc) is 2.49. The second kappa shape index (κ2) is 1.73. The molecule has 0 aromatic rings. The van der Waals surface area contributed by atoms with Crippen LogP contribution in [0.2, 0.25) is 0 Å². The third-order valence-electron chi connectivity index (χ3n) is 2.25. The Kier molecular flexibility index (Phi) is 1.04. The molecule has 1 aliphatic heterocycles. The Balaban J connectivity index is 1.86. The van der Waals surface area contributed by atoms with Crippen LogP contribution in [0.25, 0.3) is 0 Å². The number of hydrogen-bond donors (Lipinski definition) is 0. The van der Waals surface area contributed by atoms with Gasteiger partial charge in [0.1, 0.15) is 0 Å². The zero-order valence-electron chi connectivity index (χ0n) is 5.10. The van der Waals surface area contributed by atoms with Gasteiger partial charge in [0.05, 0.1) is 0 Å².